The maximum absolute atomic E-state index is 11.7. The molecule has 2 aromatic rings. The van der Waals surface area contributed by atoms with Crippen LogP contribution in [-0.2, 0) is 0 Å². The molecule has 16 heavy (non-hydrogen) atoms. The van der Waals surface area contributed by atoms with Gasteiger partial charge in [-0.3, -0.25) is 9.89 Å². The lowest BCUT2D eigenvalue weighted by Crippen LogP contribution is -2.25. The lowest BCUT2D eigenvalue weighted by atomic mass is 10.1. The van der Waals surface area contributed by atoms with Crippen molar-refractivity contribution in [1.29, 1.82) is 0 Å². The highest BCUT2D eigenvalue weighted by Gasteiger charge is 2.05. The summed E-state index contributed by atoms with van der Waals surface area (Å²) in [6, 6.07) is 5.52. The van der Waals surface area contributed by atoms with Crippen LogP contribution in [0.3, 0.4) is 0 Å². The number of hydrogen-bond donors (Lipinski definition) is 2. The molecule has 0 spiro atoms. The number of nitrogens with one attached hydrogen (secondary N) is 2. The molecule has 0 aliphatic rings. The van der Waals surface area contributed by atoms with Gasteiger partial charge in [0.15, 0.2) is 0 Å². The number of hydrogen-bond acceptors (Lipinski definition) is 3. The molecular formula is C11H13N3OS. The van der Waals surface area contributed by atoms with Gasteiger partial charge >= 0.3 is 0 Å². The maximum atomic E-state index is 11.7. The van der Waals surface area contributed by atoms with Gasteiger partial charge in [0.1, 0.15) is 0 Å². The van der Waals surface area contributed by atoms with Gasteiger partial charge in [0, 0.05) is 23.2 Å². The van der Waals surface area contributed by atoms with E-state index in [4.69, 9.17) is 0 Å². The molecule has 1 aromatic carbocycles. The zero-order chi connectivity index (χ0) is 11.4. The van der Waals surface area contributed by atoms with Gasteiger partial charge in [0.25, 0.3) is 5.91 Å². The van der Waals surface area contributed by atoms with Crippen molar-refractivity contribution >= 4 is 28.6 Å². The summed E-state index contributed by atoms with van der Waals surface area (Å²) in [6.45, 7) is 0.695. The van der Waals surface area contributed by atoms with E-state index in [1.54, 1.807) is 18.0 Å². The third kappa shape index (κ3) is 2.36. The second-order valence-corrected chi connectivity index (χ2v) is 4.41. The smallest absolute Gasteiger partial charge is 0.251 e. The van der Waals surface area contributed by atoms with Crippen molar-refractivity contribution in [3.05, 3.63) is 30.0 Å². The maximum Gasteiger partial charge on any atom is 0.251 e. The molecule has 0 saturated heterocycles. The van der Waals surface area contributed by atoms with Gasteiger partial charge in [-0.15, -0.1) is 0 Å². The molecular weight excluding hydrogens is 222 g/mol. The topological polar surface area (TPSA) is 57.8 Å². The first-order valence-electron chi connectivity index (χ1n) is 5.01. The van der Waals surface area contributed by atoms with Crippen molar-refractivity contribution in [1.82, 2.24) is 15.5 Å². The SMILES string of the molecule is CSCCNC(=O)c1ccc2cn[nH]c2c1. The van der Waals surface area contributed by atoms with Crippen molar-refractivity contribution < 1.29 is 4.79 Å². The minimum Gasteiger partial charge on any atom is -0.351 e. The van der Waals surface area contributed by atoms with E-state index in [1.165, 1.54) is 0 Å². The second kappa shape index (κ2) is 5.03. The van der Waals surface area contributed by atoms with E-state index in [1.807, 2.05) is 24.5 Å². The number of thioether (sulfide) groups is 1. The zero-order valence-electron chi connectivity index (χ0n) is 8.99. The molecule has 2 rings (SSSR count). The number of fused-ring (bicyclic) bond motifs is 1. The number of benzene rings is 1. The van der Waals surface area contributed by atoms with Crippen LogP contribution in [-0.4, -0.2) is 34.7 Å². The Morgan fingerprint density at radius 1 is 1.56 bits per heavy atom. The number of aromatic nitrogens is 2. The Morgan fingerprint density at radius 3 is 3.25 bits per heavy atom. The van der Waals surface area contributed by atoms with Crippen LogP contribution in [0.2, 0.25) is 0 Å². The molecule has 84 valence electrons. The molecule has 4 nitrogen and oxygen atoms in total. The summed E-state index contributed by atoms with van der Waals surface area (Å²) in [6.07, 6.45) is 3.76. The van der Waals surface area contributed by atoms with Crippen LogP contribution in [0.15, 0.2) is 24.4 Å². The molecule has 5 heteroatoms. The summed E-state index contributed by atoms with van der Waals surface area (Å²) < 4.78 is 0. The summed E-state index contributed by atoms with van der Waals surface area (Å²) in [4.78, 5) is 11.7. The number of carbonyl (C=O) groups excluding carboxylic acids is 1. The molecule has 2 N–H and O–H groups in total. The van der Waals surface area contributed by atoms with E-state index < -0.39 is 0 Å². The highest BCUT2D eigenvalue weighted by molar-refractivity contribution is 7.98. The molecule has 1 amide bonds. The fourth-order valence-corrected chi connectivity index (χ4v) is 1.75. The Labute approximate surface area is 97.8 Å². The van der Waals surface area contributed by atoms with Crippen LogP contribution < -0.4 is 5.32 Å². The Hall–Kier alpha value is -1.49. The Morgan fingerprint density at radius 2 is 2.44 bits per heavy atom. The van der Waals surface area contributed by atoms with Crippen LogP contribution in [0.4, 0.5) is 0 Å². The summed E-state index contributed by atoms with van der Waals surface area (Å²) in [5, 5.41) is 10.6. The first-order valence-corrected chi connectivity index (χ1v) is 6.41. The number of H-pyrrole nitrogens is 1. The van der Waals surface area contributed by atoms with E-state index in [0.717, 1.165) is 16.7 Å². The third-order valence-electron chi connectivity index (χ3n) is 2.30. The monoisotopic (exact) mass is 235 g/mol. The standard InChI is InChI=1S/C11H13N3OS/c1-16-5-4-12-11(15)8-2-3-9-7-13-14-10(9)6-8/h2-3,6-7H,4-5H2,1H3,(H,12,15)(H,13,14). The van der Waals surface area contributed by atoms with Gasteiger partial charge < -0.3 is 5.32 Å². The van der Waals surface area contributed by atoms with Crippen molar-refractivity contribution in [2.45, 2.75) is 0 Å². The Bertz CT molecular complexity index is 495. The third-order valence-corrected chi connectivity index (χ3v) is 2.91. The van der Waals surface area contributed by atoms with Gasteiger partial charge in [-0.2, -0.15) is 16.9 Å². The van der Waals surface area contributed by atoms with Crippen molar-refractivity contribution in [2.75, 3.05) is 18.6 Å². The van der Waals surface area contributed by atoms with E-state index in [-0.39, 0.29) is 5.91 Å². The average Bonchev–Trinajstić information content (AvgIpc) is 2.76. The highest BCUT2D eigenvalue weighted by Crippen LogP contribution is 2.12. The number of rotatable bonds is 4. The zero-order valence-corrected chi connectivity index (χ0v) is 9.80. The predicted octanol–water partition coefficient (Wildman–Crippen LogP) is 1.66. The summed E-state index contributed by atoms with van der Waals surface area (Å²) in [5.41, 5.74) is 1.55. The number of nitrogens with zero attached hydrogens (tertiary/aromatic N) is 1. The lowest BCUT2D eigenvalue weighted by Gasteiger charge is -2.03. The second-order valence-electron chi connectivity index (χ2n) is 3.42. The van der Waals surface area contributed by atoms with Crippen molar-refractivity contribution in [2.24, 2.45) is 0 Å². The average molecular weight is 235 g/mol. The number of aromatic amines is 1. The molecule has 0 aliphatic carbocycles. The van der Waals surface area contributed by atoms with Crippen LogP contribution in [0.25, 0.3) is 10.9 Å². The number of amides is 1. The van der Waals surface area contributed by atoms with Gasteiger partial charge in [-0.05, 0) is 18.4 Å². The Balaban J connectivity index is 2.10. The van der Waals surface area contributed by atoms with E-state index in [0.29, 0.717) is 12.1 Å². The molecule has 0 atom stereocenters. The van der Waals surface area contributed by atoms with Crippen LogP contribution in [0.5, 0.6) is 0 Å². The van der Waals surface area contributed by atoms with Crippen molar-refractivity contribution in [3.63, 3.8) is 0 Å². The molecule has 0 fully saturated rings. The largest absolute Gasteiger partial charge is 0.351 e. The van der Waals surface area contributed by atoms with Crippen LogP contribution >= 0.6 is 11.8 Å². The lowest BCUT2D eigenvalue weighted by molar-refractivity contribution is 0.0956. The van der Waals surface area contributed by atoms with Gasteiger partial charge in [-0.1, -0.05) is 6.07 Å². The van der Waals surface area contributed by atoms with Crippen molar-refractivity contribution in [3.8, 4) is 0 Å². The minimum atomic E-state index is -0.0365. The number of carbonyl (C=O) groups is 1. The molecule has 1 aromatic heterocycles. The van der Waals surface area contributed by atoms with Gasteiger partial charge in [0.05, 0.1) is 11.7 Å². The minimum absolute atomic E-state index is 0.0365. The first kappa shape index (κ1) is 11.0. The molecule has 0 saturated carbocycles. The van der Waals surface area contributed by atoms with Crippen LogP contribution in [0, 0.1) is 0 Å². The molecule has 0 unspecified atom stereocenters. The van der Waals surface area contributed by atoms with E-state index >= 15 is 0 Å². The molecule has 1 heterocycles. The van der Waals surface area contributed by atoms with Gasteiger partial charge in [0.2, 0.25) is 0 Å². The summed E-state index contributed by atoms with van der Waals surface area (Å²) in [7, 11) is 0. The summed E-state index contributed by atoms with van der Waals surface area (Å²) >= 11 is 1.71. The molecule has 0 bridgehead atoms. The van der Waals surface area contributed by atoms with E-state index in [2.05, 4.69) is 15.5 Å². The fourth-order valence-electron chi connectivity index (χ4n) is 1.45. The fraction of sp³-hybridized carbons (Fsp3) is 0.273. The quantitative estimate of drug-likeness (QED) is 0.792. The molecule has 0 aliphatic heterocycles. The summed E-state index contributed by atoms with van der Waals surface area (Å²) in [5.74, 6) is 0.892. The van der Waals surface area contributed by atoms with Gasteiger partial charge in [-0.25, -0.2) is 0 Å². The van der Waals surface area contributed by atoms with Crippen LogP contribution in [0.1, 0.15) is 10.4 Å². The van der Waals surface area contributed by atoms with E-state index in [9.17, 15) is 4.79 Å². The normalized spacial score (nSPS) is 10.6. The highest BCUT2D eigenvalue weighted by atomic mass is 32.2. The Kier molecular flexibility index (Phi) is 3.46. The molecule has 0 radical (unpaired) electrons. The predicted molar refractivity (Wildman–Crippen MR) is 66.8 cm³/mol. The first-order chi connectivity index (χ1) is 7.81.